The first-order valence-electron chi connectivity index (χ1n) is 9.07. The maximum absolute atomic E-state index is 11.2. The molecule has 4 aromatic carbocycles. The number of hydrogen-bond donors (Lipinski definition) is 2. The van der Waals surface area contributed by atoms with Gasteiger partial charge in [-0.05, 0) is 32.8 Å². The lowest BCUT2D eigenvalue weighted by molar-refractivity contribution is 0.472. The molecule has 0 radical (unpaired) electrons. The maximum atomic E-state index is 11.2. The van der Waals surface area contributed by atoms with Gasteiger partial charge >= 0.3 is 0 Å². The molecule has 0 saturated heterocycles. The summed E-state index contributed by atoms with van der Waals surface area (Å²) in [7, 11) is -1.25. The summed E-state index contributed by atoms with van der Waals surface area (Å²) < 4.78 is 0. The van der Waals surface area contributed by atoms with E-state index >= 15 is 0 Å². The third-order valence-corrected chi connectivity index (χ3v) is 8.08. The van der Waals surface area contributed by atoms with Gasteiger partial charge in [0, 0.05) is 11.1 Å². The van der Waals surface area contributed by atoms with Gasteiger partial charge in [-0.3, -0.25) is 0 Å². The van der Waals surface area contributed by atoms with Crippen molar-refractivity contribution in [1.82, 2.24) is 0 Å². The van der Waals surface area contributed by atoms with Gasteiger partial charge in [0.2, 0.25) is 0 Å². The van der Waals surface area contributed by atoms with E-state index in [4.69, 9.17) is 0 Å². The van der Waals surface area contributed by atoms with Crippen LogP contribution in [0.2, 0.25) is 12.6 Å². The number of phenols is 2. The Kier molecular flexibility index (Phi) is 4.17. The van der Waals surface area contributed by atoms with E-state index in [9.17, 15) is 10.2 Å². The second-order valence-corrected chi connectivity index (χ2v) is 10.1. The summed E-state index contributed by atoms with van der Waals surface area (Å²) in [5.41, 5.74) is 1.47. The van der Waals surface area contributed by atoms with Crippen LogP contribution >= 0.6 is 0 Å². The monoisotopic (exact) mass is 358 g/mol. The summed E-state index contributed by atoms with van der Waals surface area (Å²) in [6.07, 6.45) is 0. The van der Waals surface area contributed by atoms with Gasteiger partial charge in [-0.15, -0.1) is 0 Å². The normalized spacial score (nSPS) is 12.5. The Morgan fingerprint density at radius 2 is 1.38 bits per heavy atom. The molecule has 0 aliphatic carbocycles. The standard InChI is InChI=1S/C23H22O2Si/c1-3-26(2)20-14-16-9-5-7-11-18(16)22(23(20)25)21-17-10-6-4-8-15(17)12-13-19(21)24/h4-14,24-26H,3H2,1-2H3/t26-/m1/s1. The van der Waals surface area contributed by atoms with E-state index < -0.39 is 8.80 Å². The first-order chi connectivity index (χ1) is 12.6. The van der Waals surface area contributed by atoms with Crippen molar-refractivity contribution in [2.75, 3.05) is 0 Å². The number of phenolic OH excluding ortho intramolecular Hbond substituents is 2. The molecule has 0 saturated carbocycles. The lowest BCUT2D eigenvalue weighted by Crippen LogP contribution is -2.26. The molecule has 0 amide bonds. The fourth-order valence-electron chi connectivity index (χ4n) is 3.73. The van der Waals surface area contributed by atoms with Crippen LogP contribution in [-0.4, -0.2) is 19.0 Å². The predicted molar refractivity (Wildman–Crippen MR) is 113 cm³/mol. The molecule has 2 N–H and O–H groups in total. The van der Waals surface area contributed by atoms with Gasteiger partial charge in [-0.1, -0.05) is 80.2 Å². The van der Waals surface area contributed by atoms with Gasteiger partial charge in [0.15, 0.2) is 0 Å². The second kappa shape index (κ2) is 6.50. The van der Waals surface area contributed by atoms with E-state index in [0.717, 1.165) is 43.9 Å². The highest BCUT2D eigenvalue weighted by atomic mass is 28.3. The van der Waals surface area contributed by atoms with Crippen LogP contribution in [-0.2, 0) is 0 Å². The van der Waals surface area contributed by atoms with Crippen molar-refractivity contribution in [3.05, 3.63) is 66.7 Å². The minimum absolute atomic E-state index is 0.201. The summed E-state index contributed by atoms with van der Waals surface area (Å²) in [6.45, 7) is 4.44. The van der Waals surface area contributed by atoms with Crippen molar-refractivity contribution in [3.8, 4) is 22.6 Å². The van der Waals surface area contributed by atoms with E-state index in [-0.39, 0.29) is 5.75 Å². The zero-order valence-corrected chi connectivity index (χ0v) is 16.2. The van der Waals surface area contributed by atoms with Crippen molar-refractivity contribution in [2.45, 2.75) is 19.5 Å². The van der Waals surface area contributed by atoms with Crippen LogP contribution in [0.15, 0.2) is 66.7 Å². The van der Waals surface area contributed by atoms with Crippen molar-refractivity contribution in [2.24, 2.45) is 0 Å². The average Bonchev–Trinajstić information content (AvgIpc) is 2.68. The molecule has 0 aromatic heterocycles. The third-order valence-electron chi connectivity index (χ3n) is 5.35. The van der Waals surface area contributed by atoms with Crippen molar-refractivity contribution >= 4 is 35.5 Å². The van der Waals surface area contributed by atoms with Gasteiger partial charge in [-0.2, -0.15) is 0 Å². The zero-order valence-electron chi connectivity index (χ0n) is 15.0. The molecule has 0 aliphatic heterocycles. The largest absolute Gasteiger partial charge is 0.507 e. The highest BCUT2D eigenvalue weighted by Gasteiger charge is 2.21. The fraction of sp³-hybridized carbons (Fsp3) is 0.130. The van der Waals surface area contributed by atoms with Gasteiger partial charge in [-0.25, -0.2) is 0 Å². The van der Waals surface area contributed by atoms with Crippen LogP contribution < -0.4 is 5.19 Å². The fourth-order valence-corrected chi connectivity index (χ4v) is 5.24. The Morgan fingerprint density at radius 1 is 0.769 bits per heavy atom. The number of rotatable bonds is 3. The van der Waals surface area contributed by atoms with Crippen molar-refractivity contribution in [1.29, 1.82) is 0 Å². The summed E-state index contributed by atoms with van der Waals surface area (Å²) in [6, 6.07) is 23.0. The molecule has 0 aliphatic rings. The Labute approximate surface area is 155 Å². The summed E-state index contributed by atoms with van der Waals surface area (Å²) >= 11 is 0. The highest BCUT2D eigenvalue weighted by Crippen LogP contribution is 2.44. The SMILES string of the molecule is CC[Si@@H](C)c1cc2ccccc2c(-c2c(O)ccc3ccccc23)c1O. The lowest BCUT2D eigenvalue weighted by atomic mass is 9.92. The lowest BCUT2D eigenvalue weighted by Gasteiger charge is -2.19. The first kappa shape index (κ1) is 16.7. The highest BCUT2D eigenvalue weighted by molar-refractivity contribution is 6.73. The Bertz CT molecular complexity index is 1120. The first-order valence-corrected chi connectivity index (χ1v) is 11.6. The van der Waals surface area contributed by atoms with E-state index in [0.29, 0.717) is 5.75 Å². The molecule has 0 fully saturated rings. The average molecular weight is 359 g/mol. The van der Waals surface area contributed by atoms with Gasteiger partial charge in [0.1, 0.15) is 11.5 Å². The Morgan fingerprint density at radius 3 is 2.08 bits per heavy atom. The molecule has 3 heteroatoms. The number of aromatic hydroxyl groups is 2. The molecule has 130 valence electrons. The quantitative estimate of drug-likeness (QED) is 0.497. The molecule has 0 spiro atoms. The molecule has 4 rings (SSSR count). The third kappa shape index (κ3) is 2.56. The van der Waals surface area contributed by atoms with E-state index in [1.54, 1.807) is 6.07 Å². The second-order valence-electron chi connectivity index (χ2n) is 6.90. The minimum Gasteiger partial charge on any atom is -0.507 e. The van der Waals surface area contributed by atoms with Gasteiger partial charge in [0.05, 0.1) is 8.80 Å². The molecule has 26 heavy (non-hydrogen) atoms. The van der Waals surface area contributed by atoms with Crippen LogP contribution in [0, 0.1) is 0 Å². The maximum Gasteiger partial charge on any atom is 0.124 e. The Hall–Kier alpha value is -2.78. The molecular formula is C23H22O2Si. The molecular weight excluding hydrogens is 336 g/mol. The van der Waals surface area contributed by atoms with Crippen molar-refractivity contribution < 1.29 is 10.2 Å². The van der Waals surface area contributed by atoms with Crippen LogP contribution in [0.25, 0.3) is 32.7 Å². The smallest absolute Gasteiger partial charge is 0.124 e. The molecule has 2 nitrogen and oxygen atoms in total. The molecule has 1 atom stereocenters. The molecule has 0 unspecified atom stereocenters. The summed E-state index contributed by atoms with van der Waals surface area (Å²) in [5, 5.41) is 27.1. The van der Waals surface area contributed by atoms with Gasteiger partial charge in [0.25, 0.3) is 0 Å². The zero-order chi connectivity index (χ0) is 18.3. The predicted octanol–water partition coefficient (Wildman–Crippen LogP) is 5.16. The molecule has 4 aromatic rings. The van der Waals surface area contributed by atoms with Crippen LogP contribution in [0.3, 0.4) is 0 Å². The van der Waals surface area contributed by atoms with Crippen molar-refractivity contribution in [3.63, 3.8) is 0 Å². The van der Waals surface area contributed by atoms with Crippen LogP contribution in [0.5, 0.6) is 11.5 Å². The number of hydrogen-bond acceptors (Lipinski definition) is 2. The summed E-state index contributed by atoms with van der Waals surface area (Å²) in [4.78, 5) is 0. The minimum atomic E-state index is -1.25. The summed E-state index contributed by atoms with van der Waals surface area (Å²) in [5.74, 6) is 0.531. The van der Waals surface area contributed by atoms with Gasteiger partial charge < -0.3 is 10.2 Å². The van der Waals surface area contributed by atoms with Crippen LogP contribution in [0.1, 0.15) is 6.92 Å². The van der Waals surface area contributed by atoms with Crippen LogP contribution in [0.4, 0.5) is 0 Å². The Balaban J connectivity index is 2.19. The molecule has 0 bridgehead atoms. The van der Waals surface area contributed by atoms with E-state index in [1.807, 2.05) is 48.5 Å². The van der Waals surface area contributed by atoms with E-state index in [1.165, 1.54) is 0 Å². The van der Waals surface area contributed by atoms with E-state index in [2.05, 4.69) is 25.6 Å². The number of benzene rings is 4. The molecule has 0 heterocycles. The number of fused-ring (bicyclic) bond motifs is 2. The topological polar surface area (TPSA) is 40.5 Å².